The largest absolute Gasteiger partial charge is 0.352 e. The van der Waals surface area contributed by atoms with Crippen molar-refractivity contribution in [3.8, 4) is 0 Å². The van der Waals surface area contributed by atoms with E-state index in [0.717, 1.165) is 19.0 Å². The Morgan fingerprint density at radius 2 is 1.74 bits per heavy atom. The highest BCUT2D eigenvalue weighted by Crippen LogP contribution is 2.08. The summed E-state index contributed by atoms with van der Waals surface area (Å²) in [5.74, 6) is 0.881. The molecule has 1 N–H and O–H groups in total. The van der Waals surface area contributed by atoms with E-state index in [-0.39, 0.29) is 24.0 Å². The predicted molar refractivity (Wildman–Crippen MR) is 121 cm³/mol. The molecule has 0 amide bonds. The van der Waals surface area contributed by atoms with Crippen LogP contribution in [-0.4, -0.2) is 34.7 Å². The summed E-state index contributed by atoms with van der Waals surface area (Å²) < 4.78 is 1.93. The molecule has 5 nitrogen and oxygen atoms in total. The van der Waals surface area contributed by atoms with Crippen LogP contribution >= 0.6 is 24.0 Å². The Morgan fingerprint density at radius 3 is 2.44 bits per heavy atom. The molecule has 142 valence electrons. The molecule has 0 aliphatic carbocycles. The Balaban J connectivity index is 0.00000261. The molecule has 3 aromatic rings. The van der Waals surface area contributed by atoms with Crippen LogP contribution < -0.4 is 5.32 Å². The number of hydrogen-bond acceptors (Lipinski definition) is 2. The lowest BCUT2D eigenvalue weighted by Crippen LogP contribution is -2.36. The zero-order chi connectivity index (χ0) is 18.2. The van der Waals surface area contributed by atoms with Gasteiger partial charge < -0.3 is 10.2 Å². The van der Waals surface area contributed by atoms with E-state index in [4.69, 9.17) is 4.99 Å². The number of rotatable bonds is 6. The van der Waals surface area contributed by atoms with Gasteiger partial charge in [-0.3, -0.25) is 4.68 Å². The van der Waals surface area contributed by atoms with E-state index in [1.807, 2.05) is 42.0 Å². The average Bonchev–Trinajstić information content (AvgIpc) is 3.15. The fraction of sp³-hybridized carbons (Fsp3) is 0.238. The third kappa shape index (κ3) is 6.71. The third-order valence-electron chi connectivity index (χ3n) is 4.02. The highest BCUT2D eigenvalue weighted by molar-refractivity contribution is 14.0. The van der Waals surface area contributed by atoms with Crippen molar-refractivity contribution in [2.24, 2.45) is 4.99 Å². The average molecular weight is 475 g/mol. The number of nitrogens with zero attached hydrogens (tertiary/aromatic N) is 4. The summed E-state index contributed by atoms with van der Waals surface area (Å²) in [4.78, 5) is 6.77. The highest BCUT2D eigenvalue weighted by Gasteiger charge is 2.03. The molecule has 1 heterocycles. The maximum atomic E-state index is 4.76. The van der Waals surface area contributed by atoms with E-state index in [2.05, 4.69) is 58.9 Å². The zero-order valence-corrected chi connectivity index (χ0v) is 18.1. The number of benzene rings is 2. The summed E-state index contributed by atoms with van der Waals surface area (Å²) >= 11 is 0. The van der Waals surface area contributed by atoms with Crippen LogP contribution in [0.25, 0.3) is 0 Å². The predicted octanol–water partition coefficient (Wildman–Crippen LogP) is 3.76. The van der Waals surface area contributed by atoms with E-state index in [1.54, 1.807) is 6.20 Å². The molecule has 0 fully saturated rings. The van der Waals surface area contributed by atoms with Crippen molar-refractivity contribution in [1.29, 1.82) is 0 Å². The van der Waals surface area contributed by atoms with Crippen molar-refractivity contribution in [2.75, 3.05) is 14.1 Å². The molecular formula is C21H26IN5. The quantitative estimate of drug-likeness (QED) is 0.336. The molecule has 0 aliphatic rings. The molecule has 0 radical (unpaired) electrons. The number of aromatic nitrogens is 2. The molecule has 0 saturated heterocycles. The summed E-state index contributed by atoms with van der Waals surface area (Å²) in [6, 6.07) is 20.8. The Hall–Kier alpha value is -2.35. The van der Waals surface area contributed by atoms with Gasteiger partial charge in [0.1, 0.15) is 0 Å². The van der Waals surface area contributed by atoms with Gasteiger partial charge in [0.25, 0.3) is 0 Å². The van der Waals surface area contributed by atoms with Gasteiger partial charge >= 0.3 is 0 Å². The summed E-state index contributed by atoms with van der Waals surface area (Å²) in [6.45, 7) is 2.18. The molecule has 0 atom stereocenters. The van der Waals surface area contributed by atoms with Gasteiger partial charge in [-0.15, -0.1) is 24.0 Å². The van der Waals surface area contributed by atoms with Gasteiger partial charge in [-0.25, -0.2) is 4.99 Å². The standard InChI is InChI=1S/C21H25N5.HI/c1-25(2)21(22-15-18-8-4-3-5-9-18)23-16-19-10-6-11-20(14-19)17-26-13-7-12-24-26;/h3-14H,15-17H2,1-2H3,(H,22,23);1H. The first-order valence-corrected chi connectivity index (χ1v) is 8.75. The smallest absolute Gasteiger partial charge is 0.194 e. The van der Waals surface area contributed by atoms with Gasteiger partial charge in [0.05, 0.1) is 13.1 Å². The normalized spacial score (nSPS) is 11.0. The topological polar surface area (TPSA) is 45.5 Å². The van der Waals surface area contributed by atoms with Crippen LogP contribution in [0.1, 0.15) is 16.7 Å². The summed E-state index contributed by atoms with van der Waals surface area (Å²) in [5, 5.41) is 7.68. The summed E-state index contributed by atoms with van der Waals surface area (Å²) in [6.07, 6.45) is 3.78. The molecule has 6 heteroatoms. The summed E-state index contributed by atoms with van der Waals surface area (Å²) in [5.41, 5.74) is 3.66. The SMILES string of the molecule is CN(C)C(=NCc1cccc(Cn2cccn2)c1)NCc1ccccc1.I. The van der Waals surface area contributed by atoms with Crippen molar-refractivity contribution in [2.45, 2.75) is 19.6 Å². The maximum absolute atomic E-state index is 4.76. The van der Waals surface area contributed by atoms with Crippen LogP contribution in [0.3, 0.4) is 0 Å². The maximum Gasteiger partial charge on any atom is 0.194 e. The molecule has 27 heavy (non-hydrogen) atoms. The Morgan fingerprint density at radius 1 is 1.00 bits per heavy atom. The van der Waals surface area contributed by atoms with Crippen LogP contribution in [0, 0.1) is 0 Å². The van der Waals surface area contributed by atoms with E-state index < -0.39 is 0 Å². The molecule has 0 unspecified atom stereocenters. The molecule has 3 rings (SSSR count). The van der Waals surface area contributed by atoms with Crippen molar-refractivity contribution in [3.63, 3.8) is 0 Å². The van der Waals surface area contributed by atoms with Gasteiger partial charge in [0, 0.05) is 33.0 Å². The molecule has 0 aliphatic heterocycles. The van der Waals surface area contributed by atoms with Crippen LogP contribution in [0.15, 0.2) is 78.0 Å². The number of guanidine groups is 1. The summed E-state index contributed by atoms with van der Waals surface area (Å²) in [7, 11) is 4.01. The lowest BCUT2D eigenvalue weighted by Gasteiger charge is -2.18. The van der Waals surface area contributed by atoms with Crippen molar-refractivity contribution in [1.82, 2.24) is 20.0 Å². The fourth-order valence-corrected chi connectivity index (χ4v) is 2.71. The van der Waals surface area contributed by atoms with Gasteiger partial charge in [-0.05, 0) is 22.8 Å². The lowest BCUT2D eigenvalue weighted by molar-refractivity contribution is 0.578. The second-order valence-corrected chi connectivity index (χ2v) is 6.40. The lowest BCUT2D eigenvalue weighted by atomic mass is 10.1. The molecule has 0 saturated carbocycles. The first-order valence-electron chi connectivity index (χ1n) is 8.75. The first-order chi connectivity index (χ1) is 12.7. The second-order valence-electron chi connectivity index (χ2n) is 6.40. The molecular weight excluding hydrogens is 449 g/mol. The first kappa shape index (κ1) is 21.0. The van der Waals surface area contributed by atoms with Crippen molar-refractivity contribution in [3.05, 3.63) is 89.7 Å². The molecule has 0 spiro atoms. The number of aliphatic imine (C=N–C) groups is 1. The Labute approximate surface area is 178 Å². The minimum absolute atomic E-state index is 0. The molecule has 2 aromatic carbocycles. The van der Waals surface area contributed by atoms with Gasteiger partial charge in [-0.1, -0.05) is 54.6 Å². The Bertz CT molecular complexity index is 829. The van der Waals surface area contributed by atoms with Gasteiger partial charge in [-0.2, -0.15) is 5.10 Å². The Kier molecular flexibility index (Phi) is 8.32. The highest BCUT2D eigenvalue weighted by atomic mass is 127. The van der Waals surface area contributed by atoms with Gasteiger partial charge in [0.2, 0.25) is 0 Å². The van der Waals surface area contributed by atoms with E-state index in [9.17, 15) is 0 Å². The van der Waals surface area contributed by atoms with Crippen LogP contribution in [0.5, 0.6) is 0 Å². The minimum Gasteiger partial charge on any atom is -0.352 e. The van der Waals surface area contributed by atoms with E-state index in [1.165, 1.54) is 16.7 Å². The zero-order valence-electron chi connectivity index (χ0n) is 15.7. The number of nitrogens with one attached hydrogen (secondary N) is 1. The molecule has 1 aromatic heterocycles. The number of hydrogen-bond donors (Lipinski definition) is 1. The second kappa shape index (κ2) is 10.7. The van der Waals surface area contributed by atoms with E-state index >= 15 is 0 Å². The fourth-order valence-electron chi connectivity index (χ4n) is 2.71. The van der Waals surface area contributed by atoms with E-state index in [0.29, 0.717) is 6.54 Å². The monoisotopic (exact) mass is 475 g/mol. The van der Waals surface area contributed by atoms with Crippen LogP contribution in [0.2, 0.25) is 0 Å². The van der Waals surface area contributed by atoms with Gasteiger partial charge in [0.15, 0.2) is 5.96 Å². The van der Waals surface area contributed by atoms with Crippen molar-refractivity contribution >= 4 is 29.9 Å². The van der Waals surface area contributed by atoms with Crippen LogP contribution in [-0.2, 0) is 19.6 Å². The third-order valence-corrected chi connectivity index (χ3v) is 4.02. The minimum atomic E-state index is 0. The van der Waals surface area contributed by atoms with Crippen molar-refractivity contribution < 1.29 is 0 Å². The number of halogens is 1. The molecule has 0 bridgehead atoms. The van der Waals surface area contributed by atoms with Crippen LogP contribution in [0.4, 0.5) is 0 Å².